The number of carbonyl (C=O) groups excluding carboxylic acids is 5. The first-order valence-corrected chi connectivity index (χ1v) is 10.7. The van der Waals surface area contributed by atoms with Crippen LogP contribution in [-0.2, 0) is 24.0 Å². The zero-order valence-electron chi connectivity index (χ0n) is 19.1. The maximum Gasteiger partial charge on any atom is 0.222 e. The first kappa shape index (κ1) is 27.9. The van der Waals surface area contributed by atoms with Gasteiger partial charge < -0.3 is 20.7 Å². The van der Waals surface area contributed by atoms with Gasteiger partial charge in [0.1, 0.15) is 17.3 Å². The summed E-state index contributed by atoms with van der Waals surface area (Å²) in [6, 6.07) is -0.863. The molecule has 0 aliphatic carbocycles. The standard InChI is InChI=1S/C22H39N3O5/c1-15(10-16(2)26)11-21(29)25-20(13-18(4)28)14-22(30)24-19(12-17(3)27)8-6-7-9-23-5/h15,19-20,23H,6-14H2,1-5H3,(H,24,30)(H,25,29). The summed E-state index contributed by atoms with van der Waals surface area (Å²) in [6.45, 7) is 7.07. The highest BCUT2D eigenvalue weighted by Gasteiger charge is 2.22. The van der Waals surface area contributed by atoms with Crippen LogP contribution in [0.15, 0.2) is 0 Å². The number of hydrogen-bond acceptors (Lipinski definition) is 6. The van der Waals surface area contributed by atoms with Crippen LogP contribution in [0, 0.1) is 5.92 Å². The van der Waals surface area contributed by atoms with E-state index in [0.717, 1.165) is 19.4 Å². The molecule has 172 valence electrons. The van der Waals surface area contributed by atoms with Crippen molar-refractivity contribution in [2.45, 2.75) is 91.1 Å². The van der Waals surface area contributed by atoms with Gasteiger partial charge in [-0.25, -0.2) is 0 Å². The third-order valence-corrected chi connectivity index (χ3v) is 4.63. The van der Waals surface area contributed by atoms with Crippen LogP contribution in [0.1, 0.15) is 79.1 Å². The van der Waals surface area contributed by atoms with Gasteiger partial charge in [0.15, 0.2) is 0 Å². The molecule has 0 saturated carbocycles. The molecule has 3 atom stereocenters. The second kappa shape index (κ2) is 15.7. The Bertz CT molecular complexity index is 591. The van der Waals surface area contributed by atoms with Gasteiger partial charge in [-0.15, -0.1) is 0 Å². The van der Waals surface area contributed by atoms with Crippen molar-refractivity contribution < 1.29 is 24.0 Å². The summed E-state index contributed by atoms with van der Waals surface area (Å²) in [5.41, 5.74) is 0. The summed E-state index contributed by atoms with van der Waals surface area (Å²) in [5, 5.41) is 8.70. The van der Waals surface area contributed by atoms with E-state index in [-0.39, 0.29) is 66.8 Å². The fourth-order valence-electron chi connectivity index (χ4n) is 3.46. The summed E-state index contributed by atoms with van der Waals surface area (Å²) < 4.78 is 0. The maximum atomic E-state index is 12.5. The van der Waals surface area contributed by atoms with Gasteiger partial charge in [0.25, 0.3) is 0 Å². The third-order valence-electron chi connectivity index (χ3n) is 4.63. The van der Waals surface area contributed by atoms with Gasteiger partial charge in [0, 0.05) is 44.2 Å². The van der Waals surface area contributed by atoms with Crippen LogP contribution in [0.25, 0.3) is 0 Å². The Morgan fingerprint density at radius 2 is 1.17 bits per heavy atom. The molecular weight excluding hydrogens is 386 g/mol. The molecule has 0 spiro atoms. The molecular formula is C22H39N3O5. The van der Waals surface area contributed by atoms with Crippen LogP contribution < -0.4 is 16.0 Å². The second-order valence-corrected chi connectivity index (χ2v) is 8.36. The van der Waals surface area contributed by atoms with Crippen molar-refractivity contribution in [3.63, 3.8) is 0 Å². The molecule has 0 fully saturated rings. The molecule has 8 heteroatoms. The number of ketones is 3. The number of hydrogen-bond donors (Lipinski definition) is 3. The van der Waals surface area contributed by atoms with Crippen LogP contribution in [0.3, 0.4) is 0 Å². The monoisotopic (exact) mass is 425 g/mol. The average molecular weight is 426 g/mol. The molecule has 0 bridgehead atoms. The SMILES string of the molecule is CNCCCCC(CC(C)=O)NC(=O)CC(CC(C)=O)NC(=O)CC(C)CC(C)=O. The highest BCUT2D eigenvalue weighted by molar-refractivity contribution is 5.84. The van der Waals surface area contributed by atoms with Crippen molar-refractivity contribution in [2.24, 2.45) is 5.92 Å². The number of carbonyl (C=O) groups is 5. The van der Waals surface area contributed by atoms with Crippen molar-refractivity contribution in [1.82, 2.24) is 16.0 Å². The fraction of sp³-hybridized carbons (Fsp3) is 0.773. The molecule has 2 amide bonds. The quantitative estimate of drug-likeness (QED) is 0.305. The van der Waals surface area contributed by atoms with Crippen molar-refractivity contribution >= 4 is 29.2 Å². The molecule has 0 aromatic heterocycles. The molecule has 0 aromatic rings. The van der Waals surface area contributed by atoms with E-state index in [2.05, 4.69) is 16.0 Å². The summed E-state index contributed by atoms with van der Waals surface area (Å²) in [5.74, 6) is -0.791. The van der Waals surface area contributed by atoms with Crippen molar-refractivity contribution in [2.75, 3.05) is 13.6 Å². The van der Waals surface area contributed by atoms with Crippen LogP contribution in [-0.4, -0.2) is 54.8 Å². The Morgan fingerprint density at radius 1 is 0.667 bits per heavy atom. The van der Waals surface area contributed by atoms with E-state index in [0.29, 0.717) is 12.8 Å². The Hall–Kier alpha value is -2.09. The van der Waals surface area contributed by atoms with Crippen molar-refractivity contribution in [3.8, 4) is 0 Å². The first-order chi connectivity index (χ1) is 14.0. The number of amides is 2. The zero-order valence-corrected chi connectivity index (χ0v) is 19.1. The highest BCUT2D eigenvalue weighted by Crippen LogP contribution is 2.10. The normalized spacial score (nSPS) is 13.8. The Kier molecular flexibility index (Phi) is 14.6. The highest BCUT2D eigenvalue weighted by atomic mass is 16.2. The summed E-state index contributed by atoms with van der Waals surface area (Å²) in [4.78, 5) is 59.1. The van der Waals surface area contributed by atoms with Crippen LogP contribution in [0.2, 0.25) is 0 Å². The lowest BCUT2D eigenvalue weighted by atomic mass is 10.00. The second-order valence-electron chi connectivity index (χ2n) is 8.36. The number of unbranched alkanes of at least 4 members (excludes halogenated alkanes) is 1. The Balaban J connectivity index is 4.80. The average Bonchev–Trinajstić information content (AvgIpc) is 2.56. The lowest BCUT2D eigenvalue weighted by Gasteiger charge is -2.22. The molecule has 3 unspecified atom stereocenters. The molecule has 3 N–H and O–H groups in total. The molecule has 0 rings (SSSR count). The van der Waals surface area contributed by atoms with Gasteiger partial charge in [0.05, 0.1) is 0 Å². The van der Waals surface area contributed by atoms with E-state index in [1.54, 1.807) is 0 Å². The van der Waals surface area contributed by atoms with Crippen LogP contribution >= 0.6 is 0 Å². The third kappa shape index (κ3) is 15.8. The van der Waals surface area contributed by atoms with E-state index in [4.69, 9.17) is 0 Å². The Morgan fingerprint density at radius 3 is 1.70 bits per heavy atom. The van der Waals surface area contributed by atoms with Crippen LogP contribution in [0.5, 0.6) is 0 Å². The number of Topliss-reactive ketones (excluding diaryl/α,β-unsaturated/α-hetero) is 3. The number of rotatable bonds is 17. The smallest absolute Gasteiger partial charge is 0.222 e. The van der Waals surface area contributed by atoms with E-state index in [1.807, 2.05) is 14.0 Å². The molecule has 0 aromatic carbocycles. The molecule has 0 heterocycles. The molecule has 8 nitrogen and oxygen atoms in total. The van der Waals surface area contributed by atoms with Gasteiger partial charge >= 0.3 is 0 Å². The molecule has 0 aliphatic rings. The van der Waals surface area contributed by atoms with Crippen molar-refractivity contribution in [1.29, 1.82) is 0 Å². The maximum absolute atomic E-state index is 12.5. The Labute approximate surface area is 180 Å². The summed E-state index contributed by atoms with van der Waals surface area (Å²) in [7, 11) is 1.87. The number of nitrogens with one attached hydrogen (secondary N) is 3. The van der Waals surface area contributed by atoms with E-state index < -0.39 is 6.04 Å². The minimum absolute atomic E-state index is 0.00182. The van der Waals surface area contributed by atoms with Gasteiger partial charge in [-0.05, 0) is 53.1 Å². The van der Waals surface area contributed by atoms with E-state index >= 15 is 0 Å². The largest absolute Gasteiger partial charge is 0.353 e. The topological polar surface area (TPSA) is 121 Å². The minimum Gasteiger partial charge on any atom is -0.353 e. The van der Waals surface area contributed by atoms with Crippen LogP contribution in [0.4, 0.5) is 0 Å². The molecule has 0 radical (unpaired) electrons. The van der Waals surface area contributed by atoms with Crippen molar-refractivity contribution in [3.05, 3.63) is 0 Å². The zero-order chi connectivity index (χ0) is 23.1. The molecule has 30 heavy (non-hydrogen) atoms. The predicted molar refractivity (Wildman–Crippen MR) is 116 cm³/mol. The van der Waals surface area contributed by atoms with Gasteiger partial charge in [0.2, 0.25) is 11.8 Å². The van der Waals surface area contributed by atoms with Gasteiger partial charge in [-0.3, -0.25) is 19.2 Å². The fourth-order valence-corrected chi connectivity index (χ4v) is 3.46. The van der Waals surface area contributed by atoms with Gasteiger partial charge in [-0.2, -0.15) is 0 Å². The lowest BCUT2D eigenvalue weighted by molar-refractivity contribution is -0.125. The summed E-state index contributed by atoms with van der Waals surface area (Å²) >= 11 is 0. The predicted octanol–water partition coefficient (Wildman–Crippen LogP) is 1.70. The lowest BCUT2D eigenvalue weighted by Crippen LogP contribution is -2.43. The van der Waals surface area contributed by atoms with E-state index in [1.165, 1.54) is 20.8 Å². The summed E-state index contributed by atoms with van der Waals surface area (Å²) in [6.07, 6.45) is 3.27. The van der Waals surface area contributed by atoms with Gasteiger partial charge in [-0.1, -0.05) is 13.3 Å². The molecule has 0 saturated heterocycles. The first-order valence-electron chi connectivity index (χ1n) is 10.7. The molecule has 0 aliphatic heterocycles. The van der Waals surface area contributed by atoms with E-state index in [9.17, 15) is 24.0 Å². The minimum atomic E-state index is -0.609.